The van der Waals surface area contributed by atoms with Crippen molar-refractivity contribution in [2.75, 3.05) is 13.6 Å². The van der Waals surface area contributed by atoms with Gasteiger partial charge >= 0.3 is 0 Å². The molecule has 1 aliphatic carbocycles. The lowest BCUT2D eigenvalue weighted by atomic mass is 9.93. The van der Waals surface area contributed by atoms with Gasteiger partial charge in [0.05, 0.1) is 0 Å². The van der Waals surface area contributed by atoms with Crippen LogP contribution in [-0.2, 0) is 19.5 Å². The quantitative estimate of drug-likeness (QED) is 0.896. The third-order valence-electron chi connectivity index (χ3n) is 4.79. The monoisotopic (exact) mass is 258 g/mol. The molecule has 0 unspecified atom stereocenters. The Balaban J connectivity index is 1.65. The van der Waals surface area contributed by atoms with E-state index >= 15 is 0 Å². The summed E-state index contributed by atoms with van der Waals surface area (Å²) in [6.45, 7) is 3.29. The molecule has 0 amide bonds. The number of hydrogen-bond acceptors (Lipinski definition) is 2. The van der Waals surface area contributed by atoms with E-state index in [-0.39, 0.29) is 0 Å². The Hall–Kier alpha value is -0.860. The van der Waals surface area contributed by atoms with Crippen molar-refractivity contribution in [3.8, 4) is 0 Å². The standard InChI is InChI=1S/C17H26N2/c1-19(17-5-3-2-4-6-17)13-14-7-8-15-9-10-18-12-16(15)11-14/h7-8,11,17-18H,2-6,9-10,12-13H2,1H3. The lowest BCUT2D eigenvalue weighted by molar-refractivity contribution is 0.184. The van der Waals surface area contributed by atoms with Crippen molar-refractivity contribution in [2.24, 2.45) is 0 Å². The highest BCUT2D eigenvalue weighted by molar-refractivity contribution is 5.33. The van der Waals surface area contributed by atoms with Gasteiger partial charge in [0.2, 0.25) is 0 Å². The normalized spacial score (nSPS) is 20.5. The van der Waals surface area contributed by atoms with Gasteiger partial charge in [-0.25, -0.2) is 0 Å². The van der Waals surface area contributed by atoms with Gasteiger partial charge in [-0.15, -0.1) is 0 Å². The Bertz CT molecular complexity index is 421. The Morgan fingerprint density at radius 1 is 1.16 bits per heavy atom. The molecule has 0 atom stereocenters. The van der Waals surface area contributed by atoms with Gasteiger partial charge in [-0.3, -0.25) is 4.90 Å². The van der Waals surface area contributed by atoms with Gasteiger partial charge in [0.15, 0.2) is 0 Å². The zero-order valence-electron chi connectivity index (χ0n) is 12.1. The average Bonchev–Trinajstić information content (AvgIpc) is 2.48. The molecule has 1 aromatic carbocycles. The molecule has 1 heterocycles. The first kappa shape index (κ1) is 13.1. The molecule has 1 saturated carbocycles. The molecule has 0 aromatic heterocycles. The smallest absolute Gasteiger partial charge is 0.0233 e. The topological polar surface area (TPSA) is 15.3 Å². The Labute approximate surface area is 117 Å². The van der Waals surface area contributed by atoms with Gasteiger partial charge in [-0.1, -0.05) is 37.5 Å². The van der Waals surface area contributed by atoms with E-state index in [1.165, 1.54) is 49.7 Å². The molecule has 0 spiro atoms. The second-order valence-electron chi connectivity index (χ2n) is 6.24. The number of fused-ring (bicyclic) bond motifs is 1. The van der Waals surface area contributed by atoms with Gasteiger partial charge in [-0.2, -0.15) is 0 Å². The molecule has 3 rings (SSSR count). The third kappa shape index (κ3) is 3.18. The second kappa shape index (κ2) is 6.06. The third-order valence-corrected chi connectivity index (χ3v) is 4.79. The predicted octanol–water partition coefficient (Wildman–Crippen LogP) is 3.10. The Kier molecular flexibility index (Phi) is 4.19. The number of rotatable bonds is 3. The summed E-state index contributed by atoms with van der Waals surface area (Å²) in [6, 6.07) is 7.91. The van der Waals surface area contributed by atoms with Crippen molar-refractivity contribution in [2.45, 2.75) is 57.7 Å². The highest BCUT2D eigenvalue weighted by atomic mass is 15.1. The predicted molar refractivity (Wildman–Crippen MR) is 80.2 cm³/mol. The van der Waals surface area contributed by atoms with Crippen LogP contribution in [-0.4, -0.2) is 24.5 Å². The number of benzene rings is 1. The fourth-order valence-electron chi connectivity index (χ4n) is 3.57. The largest absolute Gasteiger partial charge is 0.312 e. The summed E-state index contributed by atoms with van der Waals surface area (Å²) in [7, 11) is 2.30. The summed E-state index contributed by atoms with van der Waals surface area (Å²) in [4.78, 5) is 2.57. The molecule has 0 bridgehead atoms. The van der Waals surface area contributed by atoms with E-state index in [4.69, 9.17) is 0 Å². The second-order valence-corrected chi connectivity index (χ2v) is 6.24. The molecule has 2 aliphatic rings. The van der Waals surface area contributed by atoms with Gasteiger partial charge in [0.25, 0.3) is 0 Å². The molecule has 1 fully saturated rings. The van der Waals surface area contributed by atoms with E-state index in [0.29, 0.717) is 0 Å². The average molecular weight is 258 g/mol. The van der Waals surface area contributed by atoms with Crippen LogP contribution in [0.5, 0.6) is 0 Å². The lowest BCUT2D eigenvalue weighted by Crippen LogP contribution is -2.33. The van der Waals surface area contributed by atoms with E-state index < -0.39 is 0 Å². The van der Waals surface area contributed by atoms with E-state index in [1.54, 1.807) is 5.56 Å². The van der Waals surface area contributed by atoms with E-state index in [2.05, 4.69) is 35.5 Å². The fourth-order valence-corrected chi connectivity index (χ4v) is 3.57. The van der Waals surface area contributed by atoms with Gasteiger partial charge in [-0.05, 0) is 49.5 Å². The first-order valence-electron chi connectivity index (χ1n) is 7.84. The van der Waals surface area contributed by atoms with E-state index in [9.17, 15) is 0 Å². The molecule has 19 heavy (non-hydrogen) atoms. The summed E-state index contributed by atoms with van der Waals surface area (Å²) >= 11 is 0. The summed E-state index contributed by atoms with van der Waals surface area (Å²) in [5, 5.41) is 3.47. The van der Waals surface area contributed by atoms with Crippen molar-refractivity contribution < 1.29 is 0 Å². The number of nitrogens with zero attached hydrogens (tertiary/aromatic N) is 1. The zero-order valence-corrected chi connectivity index (χ0v) is 12.1. The van der Waals surface area contributed by atoms with E-state index in [0.717, 1.165) is 25.7 Å². The van der Waals surface area contributed by atoms with Crippen LogP contribution in [0, 0.1) is 0 Å². The number of nitrogens with one attached hydrogen (secondary N) is 1. The van der Waals surface area contributed by atoms with E-state index in [1.807, 2.05) is 0 Å². The molecular formula is C17H26N2. The molecule has 2 heteroatoms. The molecule has 104 valence electrons. The Morgan fingerprint density at radius 2 is 2.00 bits per heavy atom. The maximum atomic E-state index is 3.47. The molecule has 0 saturated heterocycles. The van der Waals surface area contributed by atoms with Gasteiger partial charge in [0, 0.05) is 19.1 Å². The van der Waals surface area contributed by atoms with Gasteiger partial charge in [0.1, 0.15) is 0 Å². The van der Waals surface area contributed by atoms with Crippen LogP contribution in [0.15, 0.2) is 18.2 Å². The molecule has 1 aliphatic heterocycles. The first-order valence-corrected chi connectivity index (χ1v) is 7.84. The highest BCUT2D eigenvalue weighted by Gasteiger charge is 2.18. The molecular weight excluding hydrogens is 232 g/mol. The van der Waals surface area contributed by atoms with Crippen LogP contribution < -0.4 is 5.32 Å². The first-order chi connectivity index (χ1) is 9.33. The lowest BCUT2D eigenvalue weighted by Gasteiger charge is -2.31. The minimum atomic E-state index is 0.808. The molecule has 1 aromatic rings. The van der Waals surface area contributed by atoms with Crippen LogP contribution in [0.3, 0.4) is 0 Å². The molecule has 1 N–H and O–H groups in total. The summed E-state index contributed by atoms with van der Waals surface area (Å²) in [5.74, 6) is 0. The minimum absolute atomic E-state index is 0.808. The van der Waals surface area contributed by atoms with Crippen molar-refractivity contribution in [1.29, 1.82) is 0 Å². The molecule has 2 nitrogen and oxygen atoms in total. The summed E-state index contributed by atoms with van der Waals surface area (Å²) < 4.78 is 0. The van der Waals surface area contributed by atoms with Crippen molar-refractivity contribution in [3.63, 3.8) is 0 Å². The van der Waals surface area contributed by atoms with Gasteiger partial charge < -0.3 is 5.32 Å². The van der Waals surface area contributed by atoms with Crippen molar-refractivity contribution in [3.05, 3.63) is 34.9 Å². The molecule has 0 radical (unpaired) electrons. The summed E-state index contributed by atoms with van der Waals surface area (Å²) in [6.07, 6.45) is 8.25. The van der Waals surface area contributed by atoms with Crippen LogP contribution >= 0.6 is 0 Å². The highest BCUT2D eigenvalue weighted by Crippen LogP contribution is 2.23. The van der Waals surface area contributed by atoms with Crippen molar-refractivity contribution in [1.82, 2.24) is 10.2 Å². The Morgan fingerprint density at radius 3 is 2.84 bits per heavy atom. The van der Waals surface area contributed by atoms with Crippen LogP contribution in [0.25, 0.3) is 0 Å². The van der Waals surface area contributed by atoms with Crippen molar-refractivity contribution >= 4 is 0 Å². The summed E-state index contributed by atoms with van der Waals surface area (Å²) in [5.41, 5.74) is 4.54. The number of hydrogen-bond donors (Lipinski definition) is 1. The van der Waals surface area contributed by atoms with Crippen LogP contribution in [0.1, 0.15) is 48.8 Å². The van der Waals surface area contributed by atoms with Crippen LogP contribution in [0.4, 0.5) is 0 Å². The minimum Gasteiger partial charge on any atom is -0.312 e. The maximum absolute atomic E-state index is 3.47. The van der Waals surface area contributed by atoms with Crippen LogP contribution in [0.2, 0.25) is 0 Å². The maximum Gasteiger partial charge on any atom is 0.0233 e. The fraction of sp³-hybridized carbons (Fsp3) is 0.647. The SMILES string of the molecule is CN(Cc1ccc2c(c1)CNCC2)C1CCCCC1. The zero-order chi connectivity index (χ0) is 13.1.